The number of benzene rings is 2. The summed E-state index contributed by atoms with van der Waals surface area (Å²) in [5.74, 6) is -2.76. The van der Waals surface area contributed by atoms with Crippen LogP contribution in [-0.4, -0.2) is 22.2 Å². The van der Waals surface area contributed by atoms with E-state index in [1.807, 2.05) is 0 Å². The molecule has 0 spiro atoms. The van der Waals surface area contributed by atoms with Crippen LogP contribution in [0.3, 0.4) is 0 Å². The van der Waals surface area contributed by atoms with E-state index >= 15 is 0 Å². The van der Waals surface area contributed by atoms with Gasteiger partial charge in [0.25, 0.3) is 0 Å². The highest BCUT2D eigenvalue weighted by Crippen LogP contribution is 2.25. The molecule has 22 heavy (non-hydrogen) atoms. The van der Waals surface area contributed by atoms with Crippen molar-refractivity contribution in [2.75, 3.05) is 0 Å². The Morgan fingerprint density at radius 1 is 1.00 bits per heavy atom. The normalized spacial score (nSPS) is 10.3. The van der Waals surface area contributed by atoms with E-state index < -0.39 is 17.5 Å². The van der Waals surface area contributed by atoms with Crippen LogP contribution in [0.5, 0.6) is 5.75 Å². The second-order valence-electron chi connectivity index (χ2n) is 4.36. The summed E-state index contributed by atoms with van der Waals surface area (Å²) in [7, 11) is 0. The van der Waals surface area contributed by atoms with Crippen LogP contribution in [0.4, 0.5) is 0 Å². The Hall–Kier alpha value is -2.24. The summed E-state index contributed by atoms with van der Waals surface area (Å²) in [5, 5.41) is 19.1. The van der Waals surface area contributed by atoms with Gasteiger partial charge in [0.1, 0.15) is 17.9 Å². The highest BCUT2D eigenvalue weighted by atomic mass is 35.5. The van der Waals surface area contributed by atoms with Gasteiger partial charge >= 0.3 is 11.9 Å². The second kappa shape index (κ2) is 6.68. The van der Waals surface area contributed by atoms with E-state index in [-0.39, 0.29) is 17.9 Å². The zero-order valence-electron chi connectivity index (χ0n) is 11.0. The van der Waals surface area contributed by atoms with Crippen LogP contribution in [0.15, 0.2) is 36.4 Å². The van der Waals surface area contributed by atoms with E-state index in [0.29, 0.717) is 15.6 Å². The molecule has 0 saturated heterocycles. The van der Waals surface area contributed by atoms with Crippen molar-refractivity contribution in [3.05, 3.63) is 63.1 Å². The Balaban J connectivity index is 2.31. The van der Waals surface area contributed by atoms with Crippen LogP contribution in [0.25, 0.3) is 0 Å². The number of carboxylic acid groups (broad SMARTS) is 2. The Morgan fingerprint density at radius 2 is 1.64 bits per heavy atom. The van der Waals surface area contributed by atoms with Crippen molar-refractivity contribution < 1.29 is 24.5 Å². The Kier molecular flexibility index (Phi) is 4.90. The molecule has 0 amide bonds. The third-order valence-corrected chi connectivity index (χ3v) is 3.22. The highest BCUT2D eigenvalue weighted by molar-refractivity contribution is 6.34. The molecule has 7 heteroatoms. The van der Waals surface area contributed by atoms with E-state index in [9.17, 15) is 14.7 Å². The lowest BCUT2D eigenvalue weighted by molar-refractivity contribution is 0.0647. The molecule has 0 heterocycles. The number of rotatable bonds is 5. The van der Waals surface area contributed by atoms with Crippen molar-refractivity contribution in [1.82, 2.24) is 0 Å². The first-order chi connectivity index (χ1) is 10.4. The number of carboxylic acids is 2. The number of aromatic carboxylic acids is 2. The zero-order chi connectivity index (χ0) is 16.3. The third kappa shape index (κ3) is 3.69. The quantitative estimate of drug-likeness (QED) is 0.860. The van der Waals surface area contributed by atoms with Crippen molar-refractivity contribution in [3.8, 4) is 5.75 Å². The van der Waals surface area contributed by atoms with Crippen LogP contribution in [-0.2, 0) is 6.61 Å². The van der Waals surface area contributed by atoms with Crippen molar-refractivity contribution in [3.63, 3.8) is 0 Å². The summed E-state index contributed by atoms with van der Waals surface area (Å²) < 4.78 is 5.42. The Labute approximate surface area is 135 Å². The smallest absolute Gasteiger partial charge is 0.340 e. The largest absolute Gasteiger partial charge is 0.488 e. The molecule has 2 rings (SSSR count). The number of ether oxygens (including phenoxy) is 1. The number of carbonyl (C=O) groups is 2. The van der Waals surface area contributed by atoms with Crippen LogP contribution >= 0.6 is 23.2 Å². The predicted molar refractivity (Wildman–Crippen MR) is 81.2 cm³/mol. The molecule has 0 radical (unpaired) electrons. The molecule has 0 aliphatic heterocycles. The molecule has 0 saturated carbocycles. The Morgan fingerprint density at radius 3 is 2.18 bits per heavy atom. The molecule has 0 bridgehead atoms. The first-order valence-electron chi connectivity index (χ1n) is 6.06. The maximum Gasteiger partial charge on any atom is 0.340 e. The van der Waals surface area contributed by atoms with E-state index in [1.54, 1.807) is 18.2 Å². The minimum absolute atomic E-state index is 0.00360. The monoisotopic (exact) mass is 340 g/mol. The molecule has 0 unspecified atom stereocenters. The lowest BCUT2D eigenvalue weighted by Crippen LogP contribution is -2.10. The molecule has 0 aliphatic carbocycles. The van der Waals surface area contributed by atoms with E-state index in [1.165, 1.54) is 18.2 Å². The van der Waals surface area contributed by atoms with Crippen LogP contribution < -0.4 is 4.74 Å². The lowest BCUT2D eigenvalue weighted by atomic mass is 10.1. The highest BCUT2D eigenvalue weighted by Gasteiger charge is 2.21. The van der Waals surface area contributed by atoms with Gasteiger partial charge < -0.3 is 14.9 Å². The first-order valence-corrected chi connectivity index (χ1v) is 6.81. The molecule has 2 N–H and O–H groups in total. The molecule has 0 aliphatic rings. The van der Waals surface area contributed by atoms with Crippen LogP contribution in [0.2, 0.25) is 10.0 Å². The Bertz CT molecular complexity index is 722. The number of hydrogen-bond donors (Lipinski definition) is 2. The van der Waals surface area contributed by atoms with Gasteiger partial charge in [-0.25, -0.2) is 9.59 Å². The summed E-state index contributed by atoms with van der Waals surface area (Å²) in [4.78, 5) is 22.4. The maximum absolute atomic E-state index is 11.3. The zero-order valence-corrected chi connectivity index (χ0v) is 12.6. The summed E-state index contributed by atoms with van der Waals surface area (Å²) in [6, 6.07) is 8.80. The fourth-order valence-electron chi connectivity index (χ4n) is 1.91. The van der Waals surface area contributed by atoms with Crippen molar-refractivity contribution >= 4 is 35.1 Å². The summed E-state index contributed by atoms with van der Waals surface area (Å²) in [6.07, 6.45) is 0. The van der Waals surface area contributed by atoms with Gasteiger partial charge in [-0.15, -0.1) is 0 Å². The van der Waals surface area contributed by atoms with E-state index in [2.05, 4.69) is 0 Å². The fraction of sp³-hybridized carbons (Fsp3) is 0.0667. The molecule has 2 aromatic carbocycles. The first kappa shape index (κ1) is 16.1. The van der Waals surface area contributed by atoms with Gasteiger partial charge in [0, 0.05) is 10.0 Å². The SMILES string of the molecule is O=C(O)c1cccc(OCc2cc(Cl)cc(Cl)c2)c1C(=O)O. The minimum Gasteiger partial charge on any atom is -0.488 e. The second-order valence-corrected chi connectivity index (χ2v) is 5.23. The standard InChI is InChI=1S/C15H10Cl2O5/c16-9-4-8(5-10(17)6-9)7-22-12-3-1-2-11(14(18)19)13(12)15(20)21/h1-6H,7H2,(H,18,19)(H,20,21). The van der Waals surface area contributed by atoms with Gasteiger partial charge in [-0.1, -0.05) is 29.3 Å². The number of hydrogen-bond acceptors (Lipinski definition) is 3. The van der Waals surface area contributed by atoms with Gasteiger partial charge in [-0.2, -0.15) is 0 Å². The fourth-order valence-corrected chi connectivity index (χ4v) is 2.48. The lowest BCUT2D eigenvalue weighted by Gasteiger charge is -2.11. The summed E-state index contributed by atoms with van der Waals surface area (Å²) in [5.41, 5.74) is -0.105. The molecular formula is C15H10Cl2O5. The maximum atomic E-state index is 11.3. The molecular weight excluding hydrogens is 331 g/mol. The third-order valence-electron chi connectivity index (χ3n) is 2.79. The van der Waals surface area contributed by atoms with Gasteiger partial charge in [0.2, 0.25) is 0 Å². The van der Waals surface area contributed by atoms with E-state index in [0.717, 1.165) is 0 Å². The number of halogens is 2. The van der Waals surface area contributed by atoms with E-state index in [4.69, 9.17) is 33.0 Å². The topological polar surface area (TPSA) is 83.8 Å². The van der Waals surface area contributed by atoms with Crippen LogP contribution in [0.1, 0.15) is 26.3 Å². The van der Waals surface area contributed by atoms with Crippen molar-refractivity contribution in [1.29, 1.82) is 0 Å². The molecule has 0 aromatic heterocycles. The summed E-state index contributed by atoms with van der Waals surface area (Å²) in [6.45, 7) is 0.00360. The van der Waals surface area contributed by atoms with Crippen molar-refractivity contribution in [2.24, 2.45) is 0 Å². The molecule has 0 atom stereocenters. The minimum atomic E-state index is -1.38. The molecule has 114 valence electrons. The van der Waals surface area contributed by atoms with Gasteiger partial charge in [0.05, 0.1) is 5.56 Å². The average molecular weight is 341 g/mol. The average Bonchev–Trinajstić information content (AvgIpc) is 2.43. The van der Waals surface area contributed by atoms with Crippen molar-refractivity contribution in [2.45, 2.75) is 6.61 Å². The molecule has 5 nitrogen and oxygen atoms in total. The molecule has 0 fully saturated rings. The van der Waals surface area contributed by atoms with Gasteiger partial charge in [-0.3, -0.25) is 0 Å². The predicted octanol–water partition coefficient (Wildman–Crippen LogP) is 3.97. The van der Waals surface area contributed by atoms with Gasteiger partial charge in [0.15, 0.2) is 0 Å². The van der Waals surface area contributed by atoms with Gasteiger partial charge in [-0.05, 0) is 35.9 Å². The van der Waals surface area contributed by atoms with Crippen LogP contribution in [0, 0.1) is 0 Å². The summed E-state index contributed by atoms with van der Waals surface area (Å²) >= 11 is 11.7. The molecule has 2 aromatic rings.